The Morgan fingerprint density at radius 2 is 1.73 bits per heavy atom. The summed E-state index contributed by atoms with van der Waals surface area (Å²) in [5, 5.41) is 13.4. The topological polar surface area (TPSA) is 32.3 Å². The third-order valence-corrected chi connectivity index (χ3v) is 2.63. The van der Waals surface area contributed by atoms with Crippen LogP contribution in [-0.4, -0.2) is 17.8 Å². The second-order valence-electron chi connectivity index (χ2n) is 3.67. The fraction of sp³-hybridized carbons (Fsp3) is 0.455. The van der Waals surface area contributed by atoms with Crippen molar-refractivity contribution in [3.05, 3.63) is 33.8 Å². The minimum atomic E-state index is 0.0535. The first-order valence-corrected chi connectivity index (χ1v) is 5.61. The second-order valence-corrected chi connectivity index (χ2v) is 4.55. The van der Waals surface area contributed by atoms with Crippen LogP contribution in [-0.2, 0) is 0 Å². The summed E-state index contributed by atoms with van der Waals surface area (Å²) in [7, 11) is 0. The lowest BCUT2D eigenvalue weighted by Gasteiger charge is -2.19. The highest BCUT2D eigenvalue weighted by molar-refractivity contribution is 6.34. The molecule has 1 unspecified atom stereocenters. The SMILES string of the molecule is CC(N[C@@H](C)CO)c1cc(Cl)cc(Cl)c1. The molecule has 2 N–H and O–H groups in total. The number of benzene rings is 1. The van der Waals surface area contributed by atoms with Crippen molar-refractivity contribution < 1.29 is 5.11 Å². The smallest absolute Gasteiger partial charge is 0.0582 e. The Hall–Kier alpha value is -0.280. The first kappa shape index (κ1) is 12.8. The van der Waals surface area contributed by atoms with E-state index in [1.54, 1.807) is 6.07 Å². The molecule has 0 radical (unpaired) electrons. The maximum absolute atomic E-state index is 8.93. The molecule has 0 aliphatic heterocycles. The average molecular weight is 248 g/mol. The molecule has 0 heterocycles. The van der Waals surface area contributed by atoms with Crippen LogP contribution >= 0.6 is 23.2 Å². The van der Waals surface area contributed by atoms with Gasteiger partial charge < -0.3 is 10.4 Å². The molecule has 1 aromatic carbocycles. The van der Waals surface area contributed by atoms with E-state index in [4.69, 9.17) is 28.3 Å². The quantitative estimate of drug-likeness (QED) is 0.858. The highest BCUT2D eigenvalue weighted by atomic mass is 35.5. The van der Waals surface area contributed by atoms with Crippen molar-refractivity contribution in [3.63, 3.8) is 0 Å². The zero-order valence-electron chi connectivity index (χ0n) is 8.80. The predicted molar refractivity (Wildman–Crippen MR) is 64.6 cm³/mol. The number of aliphatic hydroxyl groups is 1. The lowest BCUT2D eigenvalue weighted by molar-refractivity contribution is 0.243. The van der Waals surface area contributed by atoms with E-state index >= 15 is 0 Å². The number of nitrogens with one attached hydrogen (secondary N) is 1. The molecule has 0 amide bonds. The molecule has 0 aliphatic rings. The van der Waals surface area contributed by atoms with Gasteiger partial charge in [0, 0.05) is 22.1 Å². The van der Waals surface area contributed by atoms with Crippen molar-refractivity contribution >= 4 is 23.2 Å². The molecule has 0 saturated carbocycles. The molecule has 0 fully saturated rings. The molecule has 0 aromatic heterocycles. The Morgan fingerprint density at radius 3 is 2.20 bits per heavy atom. The monoisotopic (exact) mass is 247 g/mol. The summed E-state index contributed by atoms with van der Waals surface area (Å²) in [4.78, 5) is 0. The van der Waals surface area contributed by atoms with E-state index in [2.05, 4.69) is 5.32 Å². The van der Waals surface area contributed by atoms with Crippen LogP contribution in [0.1, 0.15) is 25.5 Å². The van der Waals surface area contributed by atoms with E-state index in [9.17, 15) is 0 Å². The first-order valence-electron chi connectivity index (χ1n) is 4.86. The molecular weight excluding hydrogens is 233 g/mol. The summed E-state index contributed by atoms with van der Waals surface area (Å²) in [6.45, 7) is 4.04. The Kier molecular flexibility index (Phi) is 4.87. The fourth-order valence-electron chi connectivity index (χ4n) is 1.40. The molecule has 1 rings (SSSR count). The van der Waals surface area contributed by atoms with Gasteiger partial charge in [-0.25, -0.2) is 0 Å². The average Bonchev–Trinajstić information content (AvgIpc) is 2.16. The minimum Gasteiger partial charge on any atom is -0.395 e. The van der Waals surface area contributed by atoms with Gasteiger partial charge in [0.1, 0.15) is 0 Å². The molecule has 0 spiro atoms. The Bertz CT molecular complexity index is 310. The summed E-state index contributed by atoms with van der Waals surface area (Å²) in [6, 6.07) is 5.61. The summed E-state index contributed by atoms with van der Waals surface area (Å²) >= 11 is 11.8. The van der Waals surface area contributed by atoms with Crippen LogP contribution in [0.5, 0.6) is 0 Å². The van der Waals surface area contributed by atoms with Gasteiger partial charge in [0.2, 0.25) is 0 Å². The van der Waals surface area contributed by atoms with Crippen molar-refractivity contribution in [3.8, 4) is 0 Å². The summed E-state index contributed by atoms with van der Waals surface area (Å²) in [5.41, 5.74) is 1.02. The van der Waals surface area contributed by atoms with Crippen molar-refractivity contribution in [1.29, 1.82) is 0 Å². The highest BCUT2D eigenvalue weighted by Gasteiger charge is 2.09. The van der Waals surface area contributed by atoms with Crippen LogP contribution in [0.4, 0.5) is 0 Å². The van der Waals surface area contributed by atoms with Gasteiger partial charge >= 0.3 is 0 Å². The Balaban J connectivity index is 2.77. The van der Waals surface area contributed by atoms with E-state index in [0.29, 0.717) is 10.0 Å². The summed E-state index contributed by atoms with van der Waals surface area (Å²) in [6.07, 6.45) is 0. The fourth-order valence-corrected chi connectivity index (χ4v) is 1.94. The maximum atomic E-state index is 8.93. The van der Waals surface area contributed by atoms with E-state index in [0.717, 1.165) is 5.56 Å². The zero-order valence-corrected chi connectivity index (χ0v) is 10.3. The van der Waals surface area contributed by atoms with Gasteiger partial charge in [0.05, 0.1) is 6.61 Å². The van der Waals surface area contributed by atoms with Gasteiger partial charge in [0.25, 0.3) is 0 Å². The molecule has 15 heavy (non-hydrogen) atoms. The van der Waals surface area contributed by atoms with Crippen LogP contribution in [0, 0.1) is 0 Å². The van der Waals surface area contributed by atoms with E-state index in [1.807, 2.05) is 26.0 Å². The standard InChI is InChI=1S/C11H15Cl2NO/c1-7(6-15)14-8(2)9-3-10(12)5-11(13)4-9/h3-5,7-8,14-15H,6H2,1-2H3/t7-,8?/m0/s1. The van der Waals surface area contributed by atoms with Crippen LogP contribution in [0.2, 0.25) is 10.0 Å². The number of rotatable bonds is 4. The van der Waals surface area contributed by atoms with Crippen molar-refractivity contribution in [2.24, 2.45) is 0 Å². The third-order valence-electron chi connectivity index (χ3n) is 2.19. The molecule has 2 nitrogen and oxygen atoms in total. The molecule has 0 saturated heterocycles. The van der Waals surface area contributed by atoms with E-state index in [-0.39, 0.29) is 18.7 Å². The van der Waals surface area contributed by atoms with Gasteiger partial charge in [-0.05, 0) is 37.6 Å². The molecule has 84 valence electrons. The number of halogens is 2. The van der Waals surface area contributed by atoms with Crippen molar-refractivity contribution in [2.75, 3.05) is 6.61 Å². The van der Waals surface area contributed by atoms with Crippen molar-refractivity contribution in [2.45, 2.75) is 25.9 Å². The van der Waals surface area contributed by atoms with Gasteiger partial charge in [-0.15, -0.1) is 0 Å². The van der Waals surface area contributed by atoms with Crippen LogP contribution in [0.25, 0.3) is 0 Å². The van der Waals surface area contributed by atoms with Gasteiger partial charge in [0.15, 0.2) is 0 Å². The van der Waals surface area contributed by atoms with Gasteiger partial charge in [-0.2, -0.15) is 0 Å². The highest BCUT2D eigenvalue weighted by Crippen LogP contribution is 2.23. The first-order chi connectivity index (χ1) is 7.02. The maximum Gasteiger partial charge on any atom is 0.0582 e. The Labute approximate surface area is 100 Å². The molecule has 0 bridgehead atoms. The third kappa shape index (κ3) is 3.99. The normalized spacial score (nSPS) is 15.0. The van der Waals surface area contributed by atoms with Crippen LogP contribution in [0.3, 0.4) is 0 Å². The number of aliphatic hydroxyl groups excluding tert-OH is 1. The van der Waals surface area contributed by atoms with Crippen molar-refractivity contribution in [1.82, 2.24) is 5.32 Å². The van der Waals surface area contributed by atoms with Crippen LogP contribution in [0.15, 0.2) is 18.2 Å². The predicted octanol–water partition coefficient (Wildman–Crippen LogP) is 3.02. The lowest BCUT2D eigenvalue weighted by atomic mass is 10.1. The lowest BCUT2D eigenvalue weighted by Crippen LogP contribution is -2.31. The molecule has 1 aromatic rings. The molecular formula is C11H15Cl2NO. The van der Waals surface area contributed by atoms with Gasteiger partial charge in [-0.3, -0.25) is 0 Å². The number of hydrogen-bond acceptors (Lipinski definition) is 2. The Morgan fingerprint density at radius 1 is 1.20 bits per heavy atom. The largest absolute Gasteiger partial charge is 0.395 e. The minimum absolute atomic E-state index is 0.0535. The van der Waals surface area contributed by atoms with E-state index in [1.165, 1.54) is 0 Å². The molecule has 0 aliphatic carbocycles. The van der Waals surface area contributed by atoms with Crippen LogP contribution < -0.4 is 5.32 Å². The van der Waals surface area contributed by atoms with Gasteiger partial charge in [-0.1, -0.05) is 23.2 Å². The number of hydrogen-bond donors (Lipinski definition) is 2. The molecule has 4 heteroatoms. The summed E-state index contributed by atoms with van der Waals surface area (Å²) in [5.74, 6) is 0. The molecule has 2 atom stereocenters. The second kappa shape index (κ2) is 5.71. The zero-order chi connectivity index (χ0) is 11.4. The summed E-state index contributed by atoms with van der Waals surface area (Å²) < 4.78 is 0. The van der Waals surface area contributed by atoms with E-state index < -0.39 is 0 Å².